The van der Waals surface area contributed by atoms with Crippen molar-refractivity contribution >= 4 is 0 Å². The van der Waals surface area contributed by atoms with Gasteiger partial charge in [0.1, 0.15) is 0 Å². The first-order valence-electron chi connectivity index (χ1n) is 6.99. The van der Waals surface area contributed by atoms with E-state index in [9.17, 15) is 0 Å². The summed E-state index contributed by atoms with van der Waals surface area (Å²) in [5.74, 6) is 1.50. The van der Waals surface area contributed by atoms with Crippen molar-refractivity contribution in [2.45, 2.75) is 39.3 Å². The third kappa shape index (κ3) is 2.73. The predicted molar refractivity (Wildman–Crippen MR) is 75.1 cm³/mol. The Hall–Kier alpha value is -0.930. The standard InChI is InChI=1S/C15H25N3/c1-11-8-12(2)13(3)18(10-11)15(9-16)14-4-6-17-7-5-14/h4-7,11-13,15H,8-10,16H2,1-3H3. The number of rotatable bonds is 3. The molecule has 1 saturated heterocycles. The molecule has 2 rings (SSSR count). The maximum absolute atomic E-state index is 6.03. The fourth-order valence-corrected chi connectivity index (χ4v) is 3.22. The van der Waals surface area contributed by atoms with E-state index in [-0.39, 0.29) is 0 Å². The Labute approximate surface area is 110 Å². The molecule has 1 aliphatic rings. The average Bonchev–Trinajstić information content (AvgIpc) is 2.37. The van der Waals surface area contributed by atoms with E-state index in [1.54, 1.807) is 0 Å². The van der Waals surface area contributed by atoms with Gasteiger partial charge in [-0.1, -0.05) is 13.8 Å². The van der Waals surface area contributed by atoms with Gasteiger partial charge in [-0.3, -0.25) is 9.88 Å². The molecule has 0 aliphatic carbocycles. The second-order valence-corrected chi connectivity index (χ2v) is 5.79. The summed E-state index contributed by atoms with van der Waals surface area (Å²) in [5, 5.41) is 0. The second kappa shape index (κ2) is 5.81. The van der Waals surface area contributed by atoms with E-state index in [1.807, 2.05) is 12.4 Å². The molecule has 0 aromatic carbocycles. The highest BCUT2D eigenvalue weighted by atomic mass is 15.2. The summed E-state index contributed by atoms with van der Waals surface area (Å²) in [5.41, 5.74) is 7.32. The quantitative estimate of drug-likeness (QED) is 0.892. The molecular weight excluding hydrogens is 222 g/mol. The van der Waals surface area contributed by atoms with E-state index in [1.165, 1.54) is 12.0 Å². The van der Waals surface area contributed by atoms with Gasteiger partial charge in [-0.15, -0.1) is 0 Å². The van der Waals surface area contributed by atoms with Crippen LogP contribution in [-0.4, -0.2) is 29.0 Å². The molecule has 100 valence electrons. The number of nitrogens with zero attached hydrogens (tertiary/aromatic N) is 2. The van der Waals surface area contributed by atoms with Crippen LogP contribution >= 0.6 is 0 Å². The first-order chi connectivity index (χ1) is 8.63. The Morgan fingerprint density at radius 1 is 1.33 bits per heavy atom. The topological polar surface area (TPSA) is 42.1 Å². The van der Waals surface area contributed by atoms with Gasteiger partial charge >= 0.3 is 0 Å². The summed E-state index contributed by atoms with van der Waals surface area (Å²) < 4.78 is 0. The Morgan fingerprint density at radius 2 is 2.00 bits per heavy atom. The van der Waals surface area contributed by atoms with Crippen molar-refractivity contribution in [2.24, 2.45) is 17.6 Å². The average molecular weight is 247 g/mol. The first kappa shape index (κ1) is 13.5. The number of aromatic nitrogens is 1. The fourth-order valence-electron chi connectivity index (χ4n) is 3.22. The molecule has 3 heteroatoms. The molecule has 18 heavy (non-hydrogen) atoms. The molecule has 3 nitrogen and oxygen atoms in total. The predicted octanol–water partition coefficient (Wildman–Crippen LogP) is 2.45. The number of pyridine rings is 1. The molecule has 2 heterocycles. The third-order valence-electron chi connectivity index (χ3n) is 4.36. The van der Waals surface area contributed by atoms with Crippen LogP contribution in [0.5, 0.6) is 0 Å². The molecule has 0 bridgehead atoms. The summed E-state index contributed by atoms with van der Waals surface area (Å²) in [6, 6.07) is 5.11. The van der Waals surface area contributed by atoms with Crippen LogP contribution in [0.1, 0.15) is 38.8 Å². The van der Waals surface area contributed by atoms with Gasteiger partial charge in [0, 0.05) is 37.6 Å². The Kier molecular flexibility index (Phi) is 4.36. The van der Waals surface area contributed by atoms with Crippen molar-refractivity contribution in [3.05, 3.63) is 30.1 Å². The molecule has 4 atom stereocenters. The Bertz CT molecular complexity index is 365. The minimum Gasteiger partial charge on any atom is -0.329 e. The van der Waals surface area contributed by atoms with E-state index in [0.717, 1.165) is 18.4 Å². The van der Waals surface area contributed by atoms with Gasteiger partial charge in [0.25, 0.3) is 0 Å². The van der Waals surface area contributed by atoms with Crippen molar-refractivity contribution < 1.29 is 0 Å². The van der Waals surface area contributed by atoms with Gasteiger partial charge < -0.3 is 5.73 Å². The zero-order chi connectivity index (χ0) is 13.1. The van der Waals surface area contributed by atoms with Crippen molar-refractivity contribution in [3.8, 4) is 0 Å². The lowest BCUT2D eigenvalue weighted by molar-refractivity contribution is 0.0424. The maximum Gasteiger partial charge on any atom is 0.0474 e. The zero-order valence-electron chi connectivity index (χ0n) is 11.7. The van der Waals surface area contributed by atoms with Crippen LogP contribution in [0.15, 0.2) is 24.5 Å². The lowest BCUT2D eigenvalue weighted by Crippen LogP contribution is -2.49. The molecule has 0 radical (unpaired) electrons. The molecule has 0 amide bonds. The van der Waals surface area contributed by atoms with E-state index >= 15 is 0 Å². The van der Waals surface area contributed by atoms with Crippen LogP contribution in [0, 0.1) is 11.8 Å². The SMILES string of the molecule is CC1CC(C)C(C)N(C(CN)c2ccncc2)C1. The van der Waals surface area contributed by atoms with Gasteiger partial charge in [0.2, 0.25) is 0 Å². The number of nitrogens with two attached hydrogens (primary N) is 1. The van der Waals surface area contributed by atoms with Crippen LogP contribution in [0.4, 0.5) is 0 Å². The molecule has 1 aromatic heterocycles. The highest BCUT2D eigenvalue weighted by Gasteiger charge is 2.33. The minimum atomic E-state index is 0.327. The summed E-state index contributed by atoms with van der Waals surface area (Å²) in [6.07, 6.45) is 5.05. The molecule has 0 spiro atoms. The molecule has 1 aliphatic heterocycles. The molecule has 0 saturated carbocycles. The van der Waals surface area contributed by atoms with Crippen molar-refractivity contribution in [1.29, 1.82) is 0 Å². The van der Waals surface area contributed by atoms with Gasteiger partial charge in [-0.05, 0) is 42.9 Å². The molecule has 1 aromatic rings. The highest BCUT2D eigenvalue weighted by molar-refractivity contribution is 5.16. The van der Waals surface area contributed by atoms with E-state index in [2.05, 4.69) is 42.8 Å². The van der Waals surface area contributed by atoms with Crippen molar-refractivity contribution in [3.63, 3.8) is 0 Å². The summed E-state index contributed by atoms with van der Waals surface area (Å²) >= 11 is 0. The monoisotopic (exact) mass is 247 g/mol. The molecule has 4 unspecified atom stereocenters. The Morgan fingerprint density at radius 3 is 2.61 bits per heavy atom. The highest BCUT2D eigenvalue weighted by Crippen LogP contribution is 2.33. The van der Waals surface area contributed by atoms with Crippen LogP contribution in [0.2, 0.25) is 0 Å². The fraction of sp³-hybridized carbons (Fsp3) is 0.667. The van der Waals surface area contributed by atoms with Crippen LogP contribution < -0.4 is 5.73 Å². The number of hydrogen-bond acceptors (Lipinski definition) is 3. The van der Waals surface area contributed by atoms with E-state index in [0.29, 0.717) is 18.6 Å². The Balaban J connectivity index is 2.21. The third-order valence-corrected chi connectivity index (χ3v) is 4.36. The summed E-state index contributed by atoms with van der Waals surface area (Å²) in [6.45, 7) is 8.85. The first-order valence-corrected chi connectivity index (χ1v) is 6.99. The minimum absolute atomic E-state index is 0.327. The smallest absolute Gasteiger partial charge is 0.0474 e. The van der Waals surface area contributed by atoms with Crippen LogP contribution in [0.3, 0.4) is 0 Å². The van der Waals surface area contributed by atoms with Gasteiger partial charge in [0.15, 0.2) is 0 Å². The number of likely N-dealkylation sites (tertiary alicyclic amines) is 1. The van der Waals surface area contributed by atoms with Crippen LogP contribution in [0.25, 0.3) is 0 Å². The normalized spacial score (nSPS) is 31.2. The van der Waals surface area contributed by atoms with Gasteiger partial charge in [-0.25, -0.2) is 0 Å². The van der Waals surface area contributed by atoms with E-state index in [4.69, 9.17) is 5.73 Å². The second-order valence-electron chi connectivity index (χ2n) is 5.79. The van der Waals surface area contributed by atoms with Crippen molar-refractivity contribution in [2.75, 3.05) is 13.1 Å². The molecule has 1 fully saturated rings. The molecular formula is C15H25N3. The zero-order valence-corrected chi connectivity index (χ0v) is 11.7. The lowest BCUT2D eigenvalue weighted by Gasteiger charge is -2.45. The molecule has 2 N–H and O–H groups in total. The summed E-state index contributed by atoms with van der Waals surface area (Å²) in [7, 11) is 0. The summed E-state index contributed by atoms with van der Waals surface area (Å²) in [4.78, 5) is 6.67. The van der Waals surface area contributed by atoms with Gasteiger partial charge in [0.05, 0.1) is 0 Å². The van der Waals surface area contributed by atoms with E-state index < -0.39 is 0 Å². The van der Waals surface area contributed by atoms with Crippen molar-refractivity contribution in [1.82, 2.24) is 9.88 Å². The van der Waals surface area contributed by atoms with Gasteiger partial charge in [-0.2, -0.15) is 0 Å². The maximum atomic E-state index is 6.03. The largest absolute Gasteiger partial charge is 0.329 e. The van der Waals surface area contributed by atoms with Crippen LogP contribution in [-0.2, 0) is 0 Å². The number of piperidine rings is 1. The lowest BCUT2D eigenvalue weighted by atomic mass is 9.84. The number of hydrogen-bond donors (Lipinski definition) is 1.